The van der Waals surface area contributed by atoms with Crippen molar-refractivity contribution >= 4 is 86.1 Å². The highest BCUT2D eigenvalue weighted by molar-refractivity contribution is 6.39. The van der Waals surface area contributed by atoms with Gasteiger partial charge in [-0.25, -0.2) is 0 Å². The lowest BCUT2D eigenvalue weighted by Crippen LogP contribution is -2.47. The van der Waals surface area contributed by atoms with Gasteiger partial charge in [0.2, 0.25) is 5.91 Å². The van der Waals surface area contributed by atoms with Gasteiger partial charge in [-0.2, -0.15) is 0 Å². The lowest BCUT2D eigenvalue weighted by atomic mass is 9.96. The number of nitrogens with one attached hydrogen (secondary N) is 2. The number of aromatic nitrogens is 2. The summed E-state index contributed by atoms with van der Waals surface area (Å²) in [7, 11) is 0. The van der Waals surface area contributed by atoms with Crippen LogP contribution in [0.3, 0.4) is 0 Å². The molecule has 11 heteroatoms. The topological polar surface area (TPSA) is 139 Å². The molecule has 0 aliphatic carbocycles. The van der Waals surface area contributed by atoms with E-state index in [0.717, 1.165) is 62.0 Å². The van der Waals surface area contributed by atoms with Crippen molar-refractivity contribution in [2.75, 3.05) is 6.54 Å². The van der Waals surface area contributed by atoms with Crippen LogP contribution in [0.15, 0.2) is 42.5 Å². The van der Waals surface area contributed by atoms with E-state index in [0.29, 0.717) is 37.2 Å². The Morgan fingerprint density at radius 1 is 0.976 bits per heavy atom. The van der Waals surface area contributed by atoms with Crippen LogP contribution in [0, 0.1) is 0 Å². The van der Waals surface area contributed by atoms with Gasteiger partial charge in [-0.1, -0.05) is 42.8 Å². The van der Waals surface area contributed by atoms with E-state index in [-0.39, 0.29) is 48.6 Å². The van der Waals surface area contributed by atoms with Crippen LogP contribution in [0.4, 0.5) is 0 Å². The van der Waals surface area contributed by atoms with E-state index in [4.69, 9.17) is 11.5 Å². The maximum Gasteiger partial charge on any atom is 0.259 e. The minimum Gasteiger partial charge on any atom is -0.353 e. The number of nitrogens with zero attached hydrogens (tertiary/aromatic N) is 2. The first-order chi connectivity index (χ1) is 18.9. The van der Waals surface area contributed by atoms with Gasteiger partial charge in [0.15, 0.2) is 0 Å². The number of aromatic amines is 1. The summed E-state index contributed by atoms with van der Waals surface area (Å²) in [6.45, 7) is 3.57. The van der Waals surface area contributed by atoms with Crippen molar-refractivity contribution in [3.63, 3.8) is 0 Å². The number of H-pyrrole nitrogens is 1. The maximum absolute atomic E-state index is 13.5. The van der Waals surface area contributed by atoms with Crippen molar-refractivity contribution in [1.29, 1.82) is 0 Å². The van der Waals surface area contributed by atoms with E-state index in [1.54, 1.807) is 0 Å². The Bertz CT molecular complexity index is 1880. The number of rotatable bonds is 5. The number of imide groups is 1. The molecular formula is C30H32Cl2N6O3. The molecule has 3 amide bonds. The number of nitrogens with two attached hydrogens (primary N) is 2. The van der Waals surface area contributed by atoms with Gasteiger partial charge in [-0.15, -0.1) is 24.8 Å². The summed E-state index contributed by atoms with van der Waals surface area (Å²) in [4.78, 5) is 45.4. The van der Waals surface area contributed by atoms with Crippen LogP contribution in [0.2, 0.25) is 0 Å². The Kier molecular flexibility index (Phi) is 7.50. The number of carbonyl (C=O) groups excluding carboxylic acids is 3. The average molecular weight is 596 g/mol. The molecule has 0 saturated heterocycles. The van der Waals surface area contributed by atoms with Gasteiger partial charge in [0.25, 0.3) is 11.8 Å². The van der Waals surface area contributed by atoms with Crippen LogP contribution < -0.4 is 16.8 Å². The molecule has 9 nitrogen and oxygen atoms in total. The van der Waals surface area contributed by atoms with Crippen LogP contribution >= 0.6 is 24.8 Å². The van der Waals surface area contributed by atoms with Gasteiger partial charge in [0.05, 0.1) is 33.7 Å². The zero-order valence-corrected chi connectivity index (χ0v) is 24.2. The minimum absolute atomic E-state index is 0. The smallest absolute Gasteiger partial charge is 0.259 e. The second kappa shape index (κ2) is 10.6. The van der Waals surface area contributed by atoms with Crippen LogP contribution in [-0.2, 0) is 17.9 Å². The fourth-order valence-corrected chi connectivity index (χ4v) is 6.66. The zero-order chi connectivity index (χ0) is 27.0. The van der Waals surface area contributed by atoms with Crippen molar-refractivity contribution in [3.05, 3.63) is 59.2 Å². The summed E-state index contributed by atoms with van der Waals surface area (Å²) in [6, 6.07) is 13.1. The standard InChI is InChI=1S/C30H30N6O3.2ClH/c1-15-13-36-26-16(14-35(15)30(39)19(32)10-4-5-12-31)7-6-9-18(26)22-24-23(28(37)34-29(24)38)21-17-8-2-3-11-20(17)33-25(21)27(22)36;;/h2-3,6-9,11,15,19,33H,4-5,10,12-14,31-32H2,1H3,(H,34,37,38);2*1H/t15?,19-;;/m0../s1. The fraction of sp³-hybridized carbons (Fsp3) is 0.300. The number of hydrogen-bond donors (Lipinski definition) is 4. The quantitative estimate of drug-likeness (QED) is 0.177. The predicted molar refractivity (Wildman–Crippen MR) is 166 cm³/mol. The van der Waals surface area contributed by atoms with Crippen molar-refractivity contribution in [1.82, 2.24) is 19.8 Å². The largest absolute Gasteiger partial charge is 0.353 e. The molecule has 4 heterocycles. The molecule has 2 aliphatic heterocycles. The highest BCUT2D eigenvalue weighted by Gasteiger charge is 2.37. The van der Waals surface area contributed by atoms with Crippen molar-refractivity contribution in [2.24, 2.45) is 11.5 Å². The van der Waals surface area contributed by atoms with Crippen molar-refractivity contribution < 1.29 is 14.4 Å². The first-order valence-corrected chi connectivity index (χ1v) is 13.5. The molecule has 2 aliphatic rings. The predicted octanol–water partition coefficient (Wildman–Crippen LogP) is 4.34. The normalized spacial score (nSPS) is 17.0. The first kappa shape index (κ1) is 28.9. The molecule has 214 valence electrons. The Balaban J connectivity index is 0.00000169. The summed E-state index contributed by atoms with van der Waals surface area (Å²) < 4.78 is 2.23. The van der Waals surface area contributed by atoms with Gasteiger partial charge in [-0.05, 0) is 37.9 Å². The Morgan fingerprint density at radius 3 is 2.44 bits per heavy atom. The summed E-state index contributed by atoms with van der Waals surface area (Å²) >= 11 is 0. The molecule has 0 saturated carbocycles. The van der Waals surface area contributed by atoms with E-state index < -0.39 is 6.04 Å². The average Bonchev–Trinajstić information content (AvgIpc) is 3.52. The molecule has 2 aromatic heterocycles. The van der Waals surface area contributed by atoms with Crippen molar-refractivity contribution in [3.8, 4) is 0 Å². The monoisotopic (exact) mass is 594 g/mol. The van der Waals surface area contributed by atoms with Gasteiger partial charge in [0, 0.05) is 46.2 Å². The number of hydrogen-bond acceptors (Lipinski definition) is 5. The summed E-state index contributed by atoms with van der Waals surface area (Å²) in [5, 5.41) is 5.87. The molecule has 5 aromatic rings. The number of carbonyl (C=O) groups is 3. The highest BCUT2D eigenvalue weighted by atomic mass is 35.5. The number of halogens is 2. The molecular weight excluding hydrogens is 563 g/mol. The fourth-order valence-electron chi connectivity index (χ4n) is 6.66. The third-order valence-corrected chi connectivity index (χ3v) is 8.43. The van der Waals surface area contributed by atoms with E-state index in [1.165, 1.54) is 0 Å². The Labute approximate surface area is 248 Å². The van der Waals surface area contributed by atoms with Crippen molar-refractivity contribution in [2.45, 2.75) is 51.4 Å². The number of fused-ring (bicyclic) bond motifs is 10. The summed E-state index contributed by atoms with van der Waals surface area (Å²) in [6.07, 6.45) is 2.26. The minimum atomic E-state index is -0.578. The molecule has 0 bridgehead atoms. The lowest BCUT2D eigenvalue weighted by molar-refractivity contribution is -0.135. The van der Waals surface area contributed by atoms with Crippen LogP contribution in [-0.4, -0.2) is 50.8 Å². The zero-order valence-electron chi connectivity index (χ0n) is 22.5. The lowest BCUT2D eigenvalue weighted by Gasteiger charge is -2.30. The van der Waals surface area contributed by atoms with Crippen LogP contribution in [0.1, 0.15) is 52.5 Å². The molecule has 2 atom stereocenters. The Morgan fingerprint density at radius 2 is 1.68 bits per heavy atom. The van der Waals surface area contributed by atoms with Gasteiger partial charge < -0.3 is 25.9 Å². The van der Waals surface area contributed by atoms with Gasteiger partial charge >= 0.3 is 0 Å². The van der Waals surface area contributed by atoms with Crippen LogP contribution in [0.25, 0.3) is 43.6 Å². The third-order valence-electron chi connectivity index (χ3n) is 8.43. The number of para-hydroxylation sites is 2. The van der Waals surface area contributed by atoms with E-state index in [2.05, 4.69) is 14.9 Å². The number of unbranched alkanes of at least 4 members (excludes halogenated alkanes) is 1. The molecule has 7 rings (SSSR count). The van der Waals surface area contributed by atoms with Gasteiger partial charge in [0.1, 0.15) is 0 Å². The van der Waals surface area contributed by atoms with E-state index in [9.17, 15) is 14.4 Å². The summed E-state index contributed by atoms with van der Waals surface area (Å²) in [5.74, 6) is -0.806. The first-order valence-electron chi connectivity index (χ1n) is 13.5. The molecule has 3 aromatic carbocycles. The molecule has 41 heavy (non-hydrogen) atoms. The Hall–Kier alpha value is -3.63. The second-order valence-electron chi connectivity index (χ2n) is 10.8. The van der Waals surface area contributed by atoms with Crippen LogP contribution in [0.5, 0.6) is 0 Å². The number of benzene rings is 3. The van der Waals surface area contributed by atoms with E-state index >= 15 is 0 Å². The highest BCUT2D eigenvalue weighted by Crippen LogP contribution is 2.45. The molecule has 6 N–H and O–H groups in total. The molecule has 1 unspecified atom stereocenters. The maximum atomic E-state index is 13.5. The SMILES string of the molecule is CC1Cn2c3c(cccc3c3c4c(c5c6ccccc6[nH]c5c32)C(=O)NC4=O)CN1C(=O)[C@@H](N)CCCCN.Cl.Cl. The number of amides is 3. The molecule has 0 fully saturated rings. The molecule has 0 radical (unpaired) electrons. The summed E-state index contributed by atoms with van der Waals surface area (Å²) in [5.41, 5.74) is 17.4. The third kappa shape index (κ3) is 4.10. The van der Waals surface area contributed by atoms with Gasteiger partial charge in [-0.3, -0.25) is 19.7 Å². The molecule has 0 spiro atoms. The van der Waals surface area contributed by atoms with E-state index in [1.807, 2.05) is 54.3 Å². The second-order valence-corrected chi connectivity index (χ2v) is 10.8.